The van der Waals surface area contributed by atoms with Crippen molar-refractivity contribution in [1.29, 1.82) is 0 Å². The van der Waals surface area contributed by atoms with Crippen LogP contribution < -0.4 is 14.8 Å². The highest BCUT2D eigenvalue weighted by Gasteiger charge is 2.30. The summed E-state index contributed by atoms with van der Waals surface area (Å²) in [6.45, 7) is -1.39. The molecule has 1 fully saturated rings. The van der Waals surface area contributed by atoms with Gasteiger partial charge in [-0.05, 0) is 31.0 Å². The van der Waals surface area contributed by atoms with Gasteiger partial charge in [0.25, 0.3) is 5.91 Å². The van der Waals surface area contributed by atoms with Gasteiger partial charge < -0.3 is 19.7 Å². The number of alkyl halides is 3. The lowest BCUT2D eigenvalue weighted by Gasteiger charge is -2.19. The summed E-state index contributed by atoms with van der Waals surface area (Å²) in [4.78, 5) is 34.0. The Hall–Kier alpha value is -3.37. The first-order valence-corrected chi connectivity index (χ1v) is 9.42. The van der Waals surface area contributed by atoms with Crippen molar-refractivity contribution in [2.24, 2.45) is 5.92 Å². The Morgan fingerprint density at radius 1 is 1.26 bits per heavy atom. The number of ether oxygens (including phenoxy) is 2. The fraction of sp³-hybridized carbons (Fsp3) is 0.400. The van der Waals surface area contributed by atoms with Crippen molar-refractivity contribution in [1.82, 2.24) is 14.9 Å². The van der Waals surface area contributed by atoms with Gasteiger partial charge in [0.15, 0.2) is 6.61 Å². The number of amides is 2. The minimum atomic E-state index is -4.48. The molecule has 2 heterocycles. The molecule has 8 nitrogen and oxygen atoms in total. The van der Waals surface area contributed by atoms with Crippen LogP contribution in [0.25, 0.3) is 0 Å². The van der Waals surface area contributed by atoms with Gasteiger partial charge in [0.05, 0.1) is 13.7 Å². The highest BCUT2D eigenvalue weighted by Crippen LogP contribution is 2.30. The molecule has 166 valence electrons. The van der Waals surface area contributed by atoms with Crippen molar-refractivity contribution in [3.8, 4) is 11.8 Å². The fourth-order valence-corrected chi connectivity index (χ4v) is 2.74. The van der Waals surface area contributed by atoms with Crippen LogP contribution in [-0.2, 0) is 11.3 Å². The Kier molecular flexibility index (Phi) is 6.62. The molecule has 2 aromatic rings. The number of nitrogens with zero attached hydrogens (tertiary/aromatic N) is 3. The third-order valence-corrected chi connectivity index (χ3v) is 4.45. The number of aromatic nitrogens is 2. The first kappa shape index (κ1) is 22.3. The second-order valence-corrected chi connectivity index (χ2v) is 7.08. The maximum absolute atomic E-state index is 12.8. The van der Waals surface area contributed by atoms with Gasteiger partial charge in [0.2, 0.25) is 17.7 Å². The molecular weight excluding hydrogens is 417 g/mol. The molecule has 0 unspecified atom stereocenters. The fourth-order valence-electron chi connectivity index (χ4n) is 2.74. The third kappa shape index (κ3) is 6.30. The molecule has 1 aliphatic carbocycles. The van der Waals surface area contributed by atoms with Crippen molar-refractivity contribution in [2.75, 3.05) is 26.1 Å². The lowest BCUT2D eigenvalue weighted by atomic mass is 10.2. The number of pyridine rings is 2. The number of carbonyl (C=O) groups excluding carboxylic acids is 2. The molecular formula is C20H21F3N4O4. The van der Waals surface area contributed by atoms with Crippen molar-refractivity contribution in [3.05, 3.63) is 41.6 Å². The summed E-state index contributed by atoms with van der Waals surface area (Å²) >= 11 is 0. The van der Waals surface area contributed by atoms with Crippen molar-refractivity contribution in [3.63, 3.8) is 0 Å². The predicted molar refractivity (Wildman–Crippen MR) is 104 cm³/mol. The average molecular weight is 438 g/mol. The van der Waals surface area contributed by atoms with Gasteiger partial charge in [-0.2, -0.15) is 18.2 Å². The van der Waals surface area contributed by atoms with Crippen LogP contribution in [-0.4, -0.2) is 53.6 Å². The molecule has 0 aliphatic heterocycles. The zero-order valence-corrected chi connectivity index (χ0v) is 16.9. The standard InChI is InChI=1S/C20H21F3N4O4/c1-27(10-14-5-6-16(26-18(14)30-2)31-11-20(21,22)23)19(29)13-7-8-24-15(9-13)25-17(28)12-3-4-12/h5-9,12H,3-4,10-11H2,1-2H3,(H,24,25,28). The molecule has 0 spiro atoms. The quantitative estimate of drug-likeness (QED) is 0.681. The highest BCUT2D eigenvalue weighted by atomic mass is 19.4. The number of rotatable bonds is 8. The summed E-state index contributed by atoms with van der Waals surface area (Å²) in [6.07, 6.45) is -1.35. The zero-order chi connectivity index (χ0) is 22.6. The molecule has 2 amide bonds. The van der Waals surface area contributed by atoms with E-state index in [0.717, 1.165) is 12.8 Å². The van der Waals surface area contributed by atoms with Crippen LogP contribution in [0.3, 0.4) is 0 Å². The maximum atomic E-state index is 12.8. The van der Waals surface area contributed by atoms with Gasteiger partial charge in [0.1, 0.15) is 5.82 Å². The third-order valence-electron chi connectivity index (χ3n) is 4.45. The second-order valence-electron chi connectivity index (χ2n) is 7.08. The molecule has 1 N–H and O–H groups in total. The Balaban J connectivity index is 1.66. The molecule has 0 bridgehead atoms. The molecule has 1 saturated carbocycles. The predicted octanol–water partition coefficient (Wildman–Crippen LogP) is 3.05. The van der Waals surface area contributed by atoms with Gasteiger partial charge in [-0.25, -0.2) is 4.98 Å². The number of hydrogen-bond acceptors (Lipinski definition) is 6. The van der Waals surface area contributed by atoms with Gasteiger partial charge in [-0.15, -0.1) is 0 Å². The van der Waals surface area contributed by atoms with Crippen molar-refractivity contribution in [2.45, 2.75) is 25.6 Å². The molecule has 3 rings (SSSR count). The molecule has 2 aromatic heterocycles. The van der Waals surface area contributed by atoms with Crippen LogP contribution in [0.15, 0.2) is 30.5 Å². The molecule has 0 aromatic carbocycles. The van der Waals surface area contributed by atoms with Crippen LogP contribution in [0, 0.1) is 5.92 Å². The molecule has 0 atom stereocenters. The smallest absolute Gasteiger partial charge is 0.422 e. The first-order valence-electron chi connectivity index (χ1n) is 9.42. The van der Waals surface area contributed by atoms with E-state index in [1.807, 2.05) is 0 Å². The van der Waals surface area contributed by atoms with Crippen LogP contribution in [0.2, 0.25) is 0 Å². The van der Waals surface area contributed by atoms with Crippen molar-refractivity contribution >= 4 is 17.6 Å². The summed E-state index contributed by atoms with van der Waals surface area (Å²) < 4.78 is 46.7. The number of methoxy groups -OCH3 is 1. The van der Waals surface area contributed by atoms with Crippen LogP contribution in [0.1, 0.15) is 28.8 Å². The minimum Gasteiger partial charge on any atom is -0.481 e. The van der Waals surface area contributed by atoms with E-state index < -0.39 is 12.8 Å². The van der Waals surface area contributed by atoms with E-state index in [1.165, 1.54) is 42.5 Å². The van der Waals surface area contributed by atoms with E-state index in [2.05, 4.69) is 20.0 Å². The molecule has 1 aliphatic rings. The Labute approximate surface area is 176 Å². The van der Waals surface area contributed by atoms with Crippen LogP contribution >= 0.6 is 0 Å². The van der Waals surface area contributed by atoms with E-state index in [4.69, 9.17) is 4.74 Å². The molecule has 31 heavy (non-hydrogen) atoms. The minimum absolute atomic E-state index is 0.00637. The maximum Gasteiger partial charge on any atom is 0.422 e. The Morgan fingerprint density at radius 3 is 2.65 bits per heavy atom. The largest absolute Gasteiger partial charge is 0.481 e. The topological polar surface area (TPSA) is 93.7 Å². The molecule has 0 radical (unpaired) electrons. The number of anilines is 1. The normalized spacial score (nSPS) is 13.5. The first-order chi connectivity index (χ1) is 14.7. The summed E-state index contributed by atoms with van der Waals surface area (Å²) in [6, 6.07) is 5.77. The van der Waals surface area contributed by atoms with Crippen molar-refractivity contribution < 1.29 is 32.2 Å². The SMILES string of the molecule is COc1nc(OCC(F)(F)F)ccc1CN(C)C(=O)c1ccnc(NC(=O)C2CC2)c1. The molecule has 11 heteroatoms. The van der Waals surface area contributed by atoms with Gasteiger partial charge in [-0.3, -0.25) is 9.59 Å². The Bertz CT molecular complexity index is 964. The monoisotopic (exact) mass is 438 g/mol. The summed E-state index contributed by atoms with van der Waals surface area (Å²) in [5.41, 5.74) is 0.801. The number of halogens is 3. The van der Waals surface area contributed by atoms with E-state index in [1.54, 1.807) is 7.05 Å². The number of hydrogen-bond donors (Lipinski definition) is 1. The van der Waals surface area contributed by atoms with Gasteiger partial charge >= 0.3 is 6.18 Å². The van der Waals surface area contributed by atoms with Gasteiger partial charge in [0, 0.05) is 36.4 Å². The zero-order valence-electron chi connectivity index (χ0n) is 16.9. The summed E-state index contributed by atoms with van der Waals surface area (Å²) in [5.74, 6) is -0.352. The lowest BCUT2D eigenvalue weighted by Crippen LogP contribution is -2.27. The van der Waals surface area contributed by atoms with E-state index in [0.29, 0.717) is 16.9 Å². The summed E-state index contributed by atoms with van der Waals surface area (Å²) in [5, 5.41) is 2.69. The van der Waals surface area contributed by atoms with Gasteiger partial charge in [-0.1, -0.05) is 0 Å². The van der Waals surface area contributed by atoms with E-state index in [-0.39, 0.29) is 36.0 Å². The summed E-state index contributed by atoms with van der Waals surface area (Å²) in [7, 11) is 2.87. The number of carbonyl (C=O) groups is 2. The Morgan fingerprint density at radius 2 is 2.00 bits per heavy atom. The number of nitrogens with one attached hydrogen (secondary N) is 1. The average Bonchev–Trinajstić information content (AvgIpc) is 3.57. The lowest BCUT2D eigenvalue weighted by molar-refractivity contribution is -0.154. The molecule has 0 saturated heterocycles. The van der Waals surface area contributed by atoms with Crippen LogP contribution in [0.4, 0.5) is 19.0 Å². The highest BCUT2D eigenvalue weighted by molar-refractivity contribution is 5.97. The van der Waals surface area contributed by atoms with Crippen LogP contribution in [0.5, 0.6) is 11.8 Å². The van der Waals surface area contributed by atoms with E-state index >= 15 is 0 Å². The second kappa shape index (κ2) is 9.19. The van der Waals surface area contributed by atoms with E-state index in [9.17, 15) is 22.8 Å².